The highest BCUT2D eigenvalue weighted by atomic mass is 16.3. The molecule has 1 amide bonds. The summed E-state index contributed by atoms with van der Waals surface area (Å²) < 4.78 is 5.52. The van der Waals surface area contributed by atoms with E-state index in [-0.39, 0.29) is 11.4 Å². The maximum absolute atomic E-state index is 12.7. The molecule has 1 aliphatic carbocycles. The van der Waals surface area contributed by atoms with Crippen LogP contribution in [0.15, 0.2) is 22.9 Å². The van der Waals surface area contributed by atoms with Gasteiger partial charge >= 0.3 is 0 Å². The first-order valence-electron chi connectivity index (χ1n) is 8.54. The van der Waals surface area contributed by atoms with Crippen LogP contribution in [0.4, 0.5) is 5.82 Å². The Kier molecular flexibility index (Phi) is 3.82. The average molecular weight is 352 g/mol. The van der Waals surface area contributed by atoms with Crippen LogP contribution < -0.4 is 10.6 Å². The number of furan rings is 1. The summed E-state index contributed by atoms with van der Waals surface area (Å²) >= 11 is 0. The van der Waals surface area contributed by atoms with E-state index in [9.17, 15) is 4.79 Å². The first-order valence-corrected chi connectivity index (χ1v) is 8.54. The molecule has 0 spiro atoms. The number of anilines is 1. The van der Waals surface area contributed by atoms with Gasteiger partial charge < -0.3 is 15.1 Å². The molecule has 1 saturated carbocycles. The number of hydrogen-bond acceptors (Lipinski definition) is 7. The third-order valence-corrected chi connectivity index (χ3v) is 4.47. The lowest BCUT2D eigenvalue weighted by Gasteiger charge is -2.14. The normalized spacial score (nSPS) is 15.0. The minimum absolute atomic E-state index is 0.0250. The summed E-state index contributed by atoms with van der Waals surface area (Å²) in [6.45, 7) is 6.06. The molecule has 0 unspecified atom stereocenters. The van der Waals surface area contributed by atoms with Crippen molar-refractivity contribution in [2.24, 2.45) is 0 Å². The predicted molar refractivity (Wildman–Crippen MR) is 95.7 cm³/mol. The van der Waals surface area contributed by atoms with E-state index >= 15 is 0 Å². The minimum Gasteiger partial charge on any atom is -0.445 e. The minimum atomic E-state index is -0.253. The highest BCUT2D eigenvalue weighted by molar-refractivity contribution is 6.08. The van der Waals surface area contributed by atoms with Gasteiger partial charge in [-0.25, -0.2) is 15.0 Å². The monoisotopic (exact) mass is 352 g/mol. The second kappa shape index (κ2) is 6.05. The Bertz CT molecular complexity index is 993. The number of carbonyl (C=O) groups excluding carboxylic acids is 1. The number of hydrogen-bond donors (Lipinski definition) is 2. The van der Waals surface area contributed by atoms with Gasteiger partial charge in [0.1, 0.15) is 23.7 Å². The van der Waals surface area contributed by atoms with Gasteiger partial charge in [0.05, 0.1) is 23.2 Å². The van der Waals surface area contributed by atoms with Crippen LogP contribution in [0.5, 0.6) is 0 Å². The number of nitrogens with zero attached hydrogens (tertiary/aromatic N) is 4. The molecule has 8 heteroatoms. The van der Waals surface area contributed by atoms with Gasteiger partial charge in [0.15, 0.2) is 0 Å². The van der Waals surface area contributed by atoms with Gasteiger partial charge in [-0.2, -0.15) is 4.98 Å². The van der Waals surface area contributed by atoms with Crippen LogP contribution >= 0.6 is 0 Å². The first kappa shape index (κ1) is 16.4. The topological polar surface area (TPSA) is 106 Å². The molecule has 0 saturated heterocycles. The number of rotatable bonds is 5. The lowest BCUT2D eigenvalue weighted by molar-refractivity contribution is 0.0951. The molecule has 134 valence electrons. The van der Waals surface area contributed by atoms with E-state index in [0.29, 0.717) is 40.7 Å². The fourth-order valence-corrected chi connectivity index (χ4v) is 2.77. The van der Waals surface area contributed by atoms with E-state index in [1.807, 2.05) is 6.92 Å². The summed E-state index contributed by atoms with van der Waals surface area (Å²) in [4.78, 5) is 29.8. The second-order valence-corrected chi connectivity index (χ2v) is 6.91. The number of carbonyl (C=O) groups is 1. The summed E-state index contributed by atoms with van der Waals surface area (Å²) in [6.07, 6.45) is 5.25. The predicted octanol–water partition coefficient (Wildman–Crippen LogP) is 2.52. The number of nitrogens with one attached hydrogen (secondary N) is 2. The summed E-state index contributed by atoms with van der Waals surface area (Å²) in [6, 6.07) is 1.77. The Labute approximate surface area is 150 Å². The Hall–Kier alpha value is -3.03. The fourth-order valence-electron chi connectivity index (χ4n) is 2.77. The third kappa shape index (κ3) is 3.22. The van der Waals surface area contributed by atoms with Crippen molar-refractivity contribution < 1.29 is 9.21 Å². The molecule has 0 radical (unpaired) electrons. The van der Waals surface area contributed by atoms with Crippen LogP contribution in [-0.2, 0) is 6.54 Å². The highest BCUT2D eigenvalue weighted by Crippen LogP contribution is 2.39. The van der Waals surface area contributed by atoms with Crippen molar-refractivity contribution in [3.05, 3.63) is 41.4 Å². The van der Waals surface area contributed by atoms with Gasteiger partial charge in [-0.1, -0.05) is 0 Å². The van der Waals surface area contributed by atoms with Crippen molar-refractivity contribution >= 4 is 22.8 Å². The number of amides is 1. The molecule has 0 aromatic carbocycles. The summed E-state index contributed by atoms with van der Waals surface area (Å²) in [5.41, 5.74) is 1.59. The van der Waals surface area contributed by atoms with Crippen molar-refractivity contribution in [3.63, 3.8) is 0 Å². The number of fused-ring (bicyclic) bond motifs is 1. The van der Waals surface area contributed by atoms with E-state index in [0.717, 1.165) is 18.5 Å². The van der Waals surface area contributed by atoms with Crippen molar-refractivity contribution in [1.29, 1.82) is 0 Å². The van der Waals surface area contributed by atoms with Gasteiger partial charge in [0, 0.05) is 11.7 Å². The van der Waals surface area contributed by atoms with Crippen molar-refractivity contribution in [2.45, 2.75) is 45.7 Å². The maximum atomic E-state index is 12.7. The van der Waals surface area contributed by atoms with Gasteiger partial charge in [-0.3, -0.25) is 4.79 Å². The Morgan fingerprint density at radius 3 is 2.77 bits per heavy atom. The van der Waals surface area contributed by atoms with Crippen LogP contribution in [0.2, 0.25) is 0 Å². The van der Waals surface area contributed by atoms with Crippen molar-refractivity contribution in [2.75, 3.05) is 5.32 Å². The fraction of sp³-hybridized carbons (Fsp3) is 0.389. The summed E-state index contributed by atoms with van der Waals surface area (Å²) in [5, 5.41) is 6.91. The van der Waals surface area contributed by atoms with Crippen molar-refractivity contribution in [1.82, 2.24) is 25.3 Å². The molecule has 3 aromatic heterocycles. The van der Waals surface area contributed by atoms with E-state index in [2.05, 4.69) is 37.5 Å². The molecule has 26 heavy (non-hydrogen) atoms. The van der Waals surface area contributed by atoms with Gasteiger partial charge in [0.25, 0.3) is 5.91 Å². The largest absolute Gasteiger partial charge is 0.445 e. The molecule has 0 atom stereocenters. The molecule has 3 heterocycles. The third-order valence-electron chi connectivity index (χ3n) is 4.47. The Morgan fingerprint density at radius 2 is 2.04 bits per heavy atom. The number of aromatic nitrogens is 4. The van der Waals surface area contributed by atoms with Crippen LogP contribution in [0.25, 0.3) is 11.1 Å². The lowest BCUT2D eigenvalue weighted by atomic mass is 10.2. The second-order valence-electron chi connectivity index (χ2n) is 6.91. The number of aryl methyl sites for hydroxylation is 2. The Balaban J connectivity index is 1.62. The molecule has 8 nitrogen and oxygen atoms in total. The molecule has 1 fully saturated rings. The lowest BCUT2D eigenvalue weighted by Crippen LogP contribution is -2.24. The SMILES string of the molecule is Cc1nccc(CNC(=O)c2coc3nc(C)nc(NC4(C)CC4)c23)n1. The molecular formula is C18H20N6O2. The molecule has 2 N–H and O–H groups in total. The zero-order chi connectivity index (χ0) is 18.3. The molecule has 4 rings (SSSR count). The zero-order valence-corrected chi connectivity index (χ0v) is 15.0. The molecule has 1 aliphatic rings. The van der Waals surface area contributed by atoms with E-state index < -0.39 is 0 Å². The first-order chi connectivity index (χ1) is 12.4. The van der Waals surface area contributed by atoms with Crippen LogP contribution in [0, 0.1) is 13.8 Å². The van der Waals surface area contributed by atoms with Gasteiger partial charge in [0.2, 0.25) is 5.71 Å². The quantitative estimate of drug-likeness (QED) is 0.727. The molecule has 3 aromatic rings. The van der Waals surface area contributed by atoms with E-state index in [4.69, 9.17) is 4.42 Å². The Morgan fingerprint density at radius 1 is 1.23 bits per heavy atom. The summed E-state index contributed by atoms with van der Waals surface area (Å²) in [7, 11) is 0. The highest BCUT2D eigenvalue weighted by Gasteiger charge is 2.38. The van der Waals surface area contributed by atoms with Crippen molar-refractivity contribution in [3.8, 4) is 0 Å². The van der Waals surface area contributed by atoms with Gasteiger partial charge in [-0.15, -0.1) is 0 Å². The van der Waals surface area contributed by atoms with Crippen LogP contribution in [0.3, 0.4) is 0 Å². The van der Waals surface area contributed by atoms with Crippen LogP contribution in [0.1, 0.15) is 47.5 Å². The smallest absolute Gasteiger partial charge is 0.255 e. The van der Waals surface area contributed by atoms with Crippen LogP contribution in [-0.4, -0.2) is 31.4 Å². The van der Waals surface area contributed by atoms with E-state index in [1.165, 1.54) is 6.26 Å². The maximum Gasteiger partial charge on any atom is 0.255 e. The molecule has 0 aliphatic heterocycles. The average Bonchev–Trinajstić information content (AvgIpc) is 3.15. The van der Waals surface area contributed by atoms with E-state index in [1.54, 1.807) is 19.2 Å². The molecule has 0 bridgehead atoms. The van der Waals surface area contributed by atoms with Gasteiger partial charge in [-0.05, 0) is 39.7 Å². The summed E-state index contributed by atoms with van der Waals surface area (Å²) in [5.74, 6) is 1.65. The zero-order valence-electron chi connectivity index (χ0n) is 15.0. The molecular weight excluding hydrogens is 332 g/mol. The standard InChI is InChI=1S/C18H20N6O2/c1-10-19-7-4-12(21-10)8-20-16(25)13-9-26-17-14(13)15(22-11(2)23-17)24-18(3)5-6-18/h4,7,9H,5-6,8H2,1-3H3,(H,20,25)(H,22,23,24).